The van der Waals surface area contributed by atoms with Gasteiger partial charge < -0.3 is 10.6 Å². The van der Waals surface area contributed by atoms with E-state index < -0.39 is 11.6 Å². The van der Waals surface area contributed by atoms with Crippen LogP contribution in [0.5, 0.6) is 0 Å². The van der Waals surface area contributed by atoms with Gasteiger partial charge in [0.05, 0.1) is 0 Å². The second kappa shape index (κ2) is 9.51. The molecule has 1 unspecified atom stereocenters. The summed E-state index contributed by atoms with van der Waals surface area (Å²) in [4.78, 5) is 6.65. The predicted molar refractivity (Wildman–Crippen MR) is 98.9 cm³/mol. The van der Waals surface area contributed by atoms with Crippen molar-refractivity contribution in [2.24, 2.45) is 4.99 Å². The highest BCUT2D eigenvalue weighted by molar-refractivity contribution is 5.80. The minimum Gasteiger partial charge on any atom is -0.356 e. The van der Waals surface area contributed by atoms with E-state index in [1.54, 1.807) is 13.1 Å². The van der Waals surface area contributed by atoms with Gasteiger partial charge in [-0.3, -0.25) is 9.89 Å². The molecule has 138 valence electrons. The van der Waals surface area contributed by atoms with Crippen LogP contribution in [0.3, 0.4) is 0 Å². The molecule has 0 spiro atoms. The number of likely N-dealkylation sites (tertiary alicyclic amines) is 1. The van der Waals surface area contributed by atoms with E-state index >= 15 is 0 Å². The van der Waals surface area contributed by atoms with Crippen molar-refractivity contribution in [2.75, 3.05) is 33.2 Å². The topological polar surface area (TPSA) is 39.7 Å². The summed E-state index contributed by atoms with van der Waals surface area (Å²) in [5.74, 6) is -0.831. The highest BCUT2D eigenvalue weighted by atomic mass is 19.2. The van der Waals surface area contributed by atoms with Gasteiger partial charge in [-0.05, 0) is 36.5 Å². The molecule has 1 aromatic rings. The van der Waals surface area contributed by atoms with E-state index in [0.29, 0.717) is 12.6 Å². The molecular formula is C19H28F2N4. The summed E-state index contributed by atoms with van der Waals surface area (Å²) in [6, 6.07) is 4.44. The summed E-state index contributed by atoms with van der Waals surface area (Å²) in [5.41, 5.74) is 0.764. The molecule has 0 saturated carbocycles. The first-order valence-electron chi connectivity index (χ1n) is 8.78. The Balaban J connectivity index is 1.80. The zero-order chi connectivity index (χ0) is 18.2. The molecule has 6 heteroatoms. The molecule has 0 aliphatic carbocycles. The van der Waals surface area contributed by atoms with Crippen molar-refractivity contribution in [1.82, 2.24) is 15.5 Å². The second-order valence-corrected chi connectivity index (χ2v) is 6.54. The number of guanidine groups is 1. The molecule has 1 atom stereocenters. The fraction of sp³-hybridized carbons (Fsp3) is 0.526. The summed E-state index contributed by atoms with van der Waals surface area (Å²) >= 11 is 0. The third-order valence-electron chi connectivity index (χ3n) is 4.63. The fourth-order valence-electron chi connectivity index (χ4n) is 3.02. The summed E-state index contributed by atoms with van der Waals surface area (Å²) in [6.45, 7) is 9.38. The number of hydrogen-bond donors (Lipinski definition) is 2. The van der Waals surface area contributed by atoms with E-state index in [-0.39, 0.29) is 5.92 Å². The van der Waals surface area contributed by atoms with Crippen molar-refractivity contribution >= 4 is 5.96 Å². The Bertz CT molecular complexity index is 595. The Morgan fingerprint density at radius 3 is 2.68 bits per heavy atom. The predicted octanol–water partition coefficient (Wildman–Crippen LogP) is 2.88. The largest absolute Gasteiger partial charge is 0.356 e. The third-order valence-corrected chi connectivity index (χ3v) is 4.63. The fourth-order valence-corrected chi connectivity index (χ4v) is 3.02. The highest BCUT2D eigenvalue weighted by Crippen LogP contribution is 2.17. The maximum Gasteiger partial charge on any atom is 0.191 e. The first-order chi connectivity index (χ1) is 12.0. The molecule has 0 amide bonds. The molecule has 2 rings (SSSR count). The first-order valence-corrected chi connectivity index (χ1v) is 8.78. The number of nitrogens with zero attached hydrogens (tertiary/aromatic N) is 2. The Hall–Kier alpha value is -1.95. The average molecular weight is 350 g/mol. The van der Waals surface area contributed by atoms with Crippen LogP contribution in [-0.4, -0.2) is 50.1 Å². The van der Waals surface area contributed by atoms with Crippen molar-refractivity contribution in [3.05, 3.63) is 48.1 Å². The van der Waals surface area contributed by atoms with Crippen LogP contribution in [0.4, 0.5) is 8.78 Å². The SMILES string of the molecule is C=CCN1CCC(NC(=NC)NCC(C)c2ccc(F)c(F)c2)CC1. The Morgan fingerprint density at radius 1 is 1.36 bits per heavy atom. The van der Waals surface area contributed by atoms with E-state index in [4.69, 9.17) is 0 Å². The van der Waals surface area contributed by atoms with Crippen molar-refractivity contribution in [3.8, 4) is 0 Å². The lowest BCUT2D eigenvalue weighted by molar-refractivity contribution is 0.225. The lowest BCUT2D eigenvalue weighted by Crippen LogP contribution is -2.49. The van der Waals surface area contributed by atoms with Crippen molar-refractivity contribution in [3.63, 3.8) is 0 Å². The molecule has 25 heavy (non-hydrogen) atoms. The minimum absolute atomic E-state index is 0.0445. The van der Waals surface area contributed by atoms with E-state index in [1.807, 2.05) is 13.0 Å². The number of piperidine rings is 1. The number of rotatable bonds is 6. The monoisotopic (exact) mass is 350 g/mol. The highest BCUT2D eigenvalue weighted by Gasteiger charge is 2.19. The van der Waals surface area contributed by atoms with Crippen LogP contribution in [0.2, 0.25) is 0 Å². The summed E-state index contributed by atoms with van der Waals surface area (Å²) < 4.78 is 26.4. The number of aliphatic imine (C=N–C) groups is 1. The Morgan fingerprint density at radius 2 is 2.08 bits per heavy atom. The molecule has 1 fully saturated rings. The van der Waals surface area contributed by atoms with E-state index in [1.165, 1.54) is 12.1 Å². The minimum atomic E-state index is -0.816. The number of benzene rings is 1. The molecule has 2 N–H and O–H groups in total. The lowest BCUT2D eigenvalue weighted by Gasteiger charge is -2.32. The third kappa shape index (κ3) is 5.81. The zero-order valence-electron chi connectivity index (χ0n) is 15.1. The number of nitrogens with one attached hydrogen (secondary N) is 2. The molecule has 0 radical (unpaired) electrons. The molecule has 1 aliphatic rings. The van der Waals surface area contributed by atoms with Crippen LogP contribution in [-0.2, 0) is 0 Å². The maximum atomic E-state index is 13.4. The van der Waals surface area contributed by atoms with Crippen LogP contribution in [0.15, 0.2) is 35.8 Å². The van der Waals surface area contributed by atoms with Gasteiger partial charge in [0.2, 0.25) is 0 Å². The zero-order valence-corrected chi connectivity index (χ0v) is 15.1. The molecule has 1 aliphatic heterocycles. The second-order valence-electron chi connectivity index (χ2n) is 6.54. The van der Waals surface area contributed by atoms with Crippen LogP contribution >= 0.6 is 0 Å². The van der Waals surface area contributed by atoms with Crippen molar-refractivity contribution in [2.45, 2.75) is 31.7 Å². The van der Waals surface area contributed by atoms with Gasteiger partial charge in [0, 0.05) is 39.3 Å². The van der Waals surface area contributed by atoms with Gasteiger partial charge in [0.15, 0.2) is 17.6 Å². The Labute approximate surface area is 149 Å². The lowest BCUT2D eigenvalue weighted by atomic mass is 10.0. The normalized spacial score (nSPS) is 18.0. The van der Waals surface area contributed by atoms with Gasteiger partial charge in [-0.25, -0.2) is 8.78 Å². The van der Waals surface area contributed by atoms with Crippen molar-refractivity contribution < 1.29 is 8.78 Å². The van der Waals surface area contributed by atoms with Gasteiger partial charge in [0.1, 0.15) is 0 Å². The Kier molecular flexibility index (Phi) is 7.37. The van der Waals surface area contributed by atoms with Gasteiger partial charge in [-0.2, -0.15) is 0 Å². The summed E-state index contributed by atoms with van der Waals surface area (Å²) in [7, 11) is 1.74. The summed E-state index contributed by atoms with van der Waals surface area (Å²) in [6.07, 6.45) is 4.06. The van der Waals surface area contributed by atoms with Crippen molar-refractivity contribution in [1.29, 1.82) is 0 Å². The smallest absolute Gasteiger partial charge is 0.191 e. The standard InChI is InChI=1S/C19H28F2N4/c1-4-9-25-10-7-16(8-11-25)24-19(22-3)23-13-14(2)15-5-6-17(20)18(21)12-15/h4-6,12,14,16H,1,7-11,13H2,2-3H3,(H2,22,23,24). The van der Waals surface area contributed by atoms with Gasteiger partial charge in [-0.15, -0.1) is 6.58 Å². The van der Waals surface area contributed by atoms with Crippen LogP contribution in [0.1, 0.15) is 31.2 Å². The first kappa shape index (κ1) is 19.4. The van der Waals surface area contributed by atoms with Gasteiger partial charge in [-0.1, -0.05) is 19.1 Å². The van der Waals surface area contributed by atoms with Gasteiger partial charge >= 0.3 is 0 Å². The van der Waals surface area contributed by atoms with E-state index in [2.05, 4.69) is 27.1 Å². The number of halogens is 2. The number of hydrogen-bond acceptors (Lipinski definition) is 2. The molecule has 0 bridgehead atoms. The van der Waals surface area contributed by atoms with E-state index in [9.17, 15) is 8.78 Å². The van der Waals surface area contributed by atoms with Crippen LogP contribution in [0.25, 0.3) is 0 Å². The average Bonchev–Trinajstić information content (AvgIpc) is 2.62. The molecule has 1 aromatic carbocycles. The molecule has 1 saturated heterocycles. The van der Waals surface area contributed by atoms with Crippen LogP contribution in [0, 0.1) is 11.6 Å². The molecule has 1 heterocycles. The quantitative estimate of drug-likeness (QED) is 0.471. The molecule has 0 aromatic heterocycles. The maximum absolute atomic E-state index is 13.4. The molecular weight excluding hydrogens is 322 g/mol. The summed E-state index contributed by atoms with van der Waals surface area (Å²) in [5, 5.41) is 6.73. The van der Waals surface area contributed by atoms with Crippen LogP contribution < -0.4 is 10.6 Å². The molecule has 4 nitrogen and oxygen atoms in total. The van der Waals surface area contributed by atoms with E-state index in [0.717, 1.165) is 44.0 Å². The van der Waals surface area contributed by atoms with Gasteiger partial charge in [0.25, 0.3) is 0 Å².